The standard InChI is InChI=1S/C18H21N3O2/c22-18(23-17-7-4-9-19-15-17)21-13-11-20(12-14-21)10-8-16-5-2-1-3-6-16/h1-7,9,15H,8,10-14H2. The lowest BCUT2D eigenvalue weighted by molar-refractivity contribution is 0.111. The Kier molecular flexibility index (Phi) is 5.21. The summed E-state index contributed by atoms with van der Waals surface area (Å²) in [6, 6.07) is 14.0. The van der Waals surface area contributed by atoms with Crippen molar-refractivity contribution in [1.82, 2.24) is 14.8 Å². The topological polar surface area (TPSA) is 45.7 Å². The van der Waals surface area contributed by atoms with Gasteiger partial charge in [-0.2, -0.15) is 0 Å². The van der Waals surface area contributed by atoms with Crippen LogP contribution in [0.2, 0.25) is 0 Å². The zero-order chi connectivity index (χ0) is 15.9. The van der Waals surface area contributed by atoms with Crippen LogP contribution in [0.5, 0.6) is 5.75 Å². The number of hydrogen-bond acceptors (Lipinski definition) is 4. The molecule has 0 aliphatic carbocycles. The molecule has 120 valence electrons. The van der Waals surface area contributed by atoms with Gasteiger partial charge in [-0.15, -0.1) is 0 Å². The molecule has 0 saturated carbocycles. The molecule has 0 unspecified atom stereocenters. The van der Waals surface area contributed by atoms with Gasteiger partial charge in [-0.25, -0.2) is 4.79 Å². The molecule has 1 saturated heterocycles. The fourth-order valence-corrected chi connectivity index (χ4v) is 2.66. The highest BCUT2D eigenvalue weighted by molar-refractivity contribution is 5.70. The highest BCUT2D eigenvalue weighted by atomic mass is 16.6. The fraction of sp³-hybridized carbons (Fsp3) is 0.333. The Labute approximate surface area is 136 Å². The zero-order valence-electron chi connectivity index (χ0n) is 13.1. The molecule has 1 amide bonds. The molecule has 5 heteroatoms. The highest BCUT2D eigenvalue weighted by Crippen LogP contribution is 2.11. The monoisotopic (exact) mass is 311 g/mol. The van der Waals surface area contributed by atoms with Crippen molar-refractivity contribution in [3.05, 3.63) is 60.4 Å². The maximum Gasteiger partial charge on any atom is 0.415 e. The van der Waals surface area contributed by atoms with Gasteiger partial charge in [0.25, 0.3) is 0 Å². The molecule has 1 aromatic heterocycles. The number of rotatable bonds is 4. The zero-order valence-corrected chi connectivity index (χ0v) is 13.1. The van der Waals surface area contributed by atoms with E-state index in [-0.39, 0.29) is 6.09 Å². The van der Waals surface area contributed by atoms with Crippen LogP contribution in [0.25, 0.3) is 0 Å². The quantitative estimate of drug-likeness (QED) is 0.870. The van der Waals surface area contributed by atoms with Gasteiger partial charge in [-0.1, -0.05) is 30.3 Å². The van der Waals surface area contributed by atoms with Crippen LogP contribution in [0.15, 0.2) is 54.9 Å². The molecule has 23 heavy (non-hydrogen) atoms. The summed E-state index contributed by atoms with van der Waals surface area (Å²) >= 11 is 0. The maximum absolute atomic E-state index is 12.1. The summed E-state index contributed by atoms with van der Waals surface area (Å²) in [4.78, 5) is 20.2. The summed E-state index contributed by atoms with van der Waals surface area (Å²) in [7, 11) is 0. The Bertz CT molecular complexity index is 611. The number of aromatic nitrogens is 1. The third kappa shape index (κ3) is 4.53. The van der Waals surface area contributed by atoms with E-state index in [0.29, 0.717) is 18.8 Å². The molecule has 3 rings (SSSR count). The van der Waals surface area contributed by atoms with E-state index >= 15 is 0 Å². The first-order chi connectivity index (χ1) is 11.3. The Morgan fingerprint density at radius 1 is 1.04 bits per heavy atom. The summed E-state index contributed by atoms with van der Waals surface area (Å²) in [6.45, 7) is 4.20. The van der Waals surface area contributed by atoms with Gasteiger partial charge in [-0.05, 0) is 24.1 Å². The van der Waals surface area contributed by atoms with E-state index in [0.717, 1.165) is 26.1 Å². The van der Waals surface area contributed by atoms with Gasteiger partial charge >= 0.3 is 6.09 Å². The molecular formula is C18H21N3O2. The number of hydrogen-bond donors (Lipinski definition) is 0. The van der Waals surface area contributed by atoms with Crippen LogP contribution < -0.4 is 4.74 Å². The minimum absolute atomic E-state index is 0.291. The molecule has 1 aliphatic heterocycles. The number of carbonyl (C=O) groups excluding carboxylic acids is 1. The SMILES string of the molecule is O=C(Oc1cccnc1)N1CCN(CCc2ccccc2)CC1. The Morgan fingerprint density at radius 3 is 2.52 bits per heavy atom. The highest BCUT2D eigenvalue weighted by Gasteiger charge is 2.22. The number of pyridine rings is 1. The summed E-state index contributed by atoms with van der Waals surface area (Å²) in [5.74, 6) is 0.490. The lowest BCUT2D eigenvalue weighted by atomic mass is 10.1. The van der Waals surface area contributed by atoms with Crippen LogP contribution in [0, 0.1) is 0 Å². The Hall–Kier alpha value is -2.40. The predicted octanol–water partition coefficient (Wildman–Crippen LogP) is 2.44. The molecule has 2 heterocycles. The van der Waals surface area contributed by atoms with Crippen molar-refractivity contribution in [2.24, 2.45) is 0 Å². The van der Waals surface area contributed by atoms with Gasteiger partial charge in [-0.3, -0.25) is 9.88 Å². The fourth-order valence-electron chi connectivity index (χ4n) is 2.66. The van der Waals surface area contributed by atoms with Gasteiger partial charge in [0.2, 0.25) is 0 Å². The third-order valence-corrected chi connectivity index (χ3v) is 4.03. The number of benzene rings is 1. The van der Waals surface area contributed by atoms with Gasteiger partial charge in [0.1, 0.15) is 0 Å². The largest absolute Gasteiger partial charge is 0.415 e. The molecule has 2 aromatic rings. The predicted molar refractivity (Wildman–Crippen MR) is 88.4 cm³/mol. The van der Waals surface area contributed by atoms with Crippen molar-refractivity contribution in [3.63, 3.8) is 0 Å². The summed E-state index contributed by atoms with van der Waals surface area (Å²) in [5.41, 5.74) is 1.35. The van der Waals surface area contributed by atoms with Crippen molar-refractivity contribution >= 4 is 6.09 Å². The lowest BCUT2D eigenvalue weighted by Gasteiger charge is -2.34. The van der Waals surface area contributed by atoms with Gasteiger partial charge in [0.15, 0.2) is 5.75 Å². The second kappa shape index (κ2) is 7.74. The smallest absolute Gasteiger partial charge is 0.409 e. The first-order valence-corrected chi connectivity index (χ1v) is 7.94. The first-order valence-electron chi connectivity index (χ1n) is 7.94. The third-order valence-electron chi connectivity index (χ3n) is 4.03. The lowest BCUT2D eigenvalue weighted by Crippen LogP contribution is -2.49. The number of amides is 1. The molecule has 5 nitrogen and oxygen atoms in total. The van der Waals surface area contributed by atoms with E-state index in [1.165, 1.54) is 5.56 Å². The van der Waals surface area contributed by atoms with E-state index in [9.17, 15) is 4.79 Å². The molecule has 0 radical (unpaired) electrons. The molecule has 1 aromatic carbocycles. The first kappa shape index (κ1) is 15.5. The Balaban J connectivity index is 1.42. The van der Waals surface area contributed by atoms with Crippen molar-refractivity contribution in [2.45, 2.75) is 6.42 Å². The molecular weight excluding hydrogens is 290 g/mol. The second-order valence-corrected chi connectivity index (χ2v) is 5.62. The van der Waals surface area contributed by atoms with Crippen molar-refractivity contribution in [2.75, 3.05) is 32.7 Å². The molecule has 1 fully saturated rings. The van der Waals surface area contributed by atoms with E-state index in [4.69, 9.17) is 4.74 Å². The van der Waals surface area contributed by atoms with Gasteiger partial charge in [0.05, 0.1) is 6.20 Å². The number of nitrogens with zero attached hydrogens (tertiary/aromatic N) is 3. The van der Waals surface area contributed by atoms with Crippen LogP contribution in [0.4, 0.5) is 4.79 Å². The summed E-state index contributed by atoms with van der Waals surface area (Å²) in [6.07, 6.45) is 3.96. The molecule has 1 aliphatic rings. The summed E-state index contributed by atoms with van der Waals surface area (Å²) < 4.78 is 5.32. The van der Waals surface area contributed by atoms with Crippen molar-refractivity contribution in [1.29, 1.82) is 0 Å². The maximum atomic E-state index is 12.1. The van der Waals surface area contributed by atoms with Gasteiger partial charge < -0.3 is 9.64 Å². The van der Waals surface area contributed by atoms with E-state index in [1.807, 2.05) is 6.07 Å². The number of piperazine rings is 1. The van der Waals surface area contributed by atoms with Crippen LogP contribution in [-0.2, 0) is 6.42 Å². The van der Waals surface area contributed by atoms with Crippen LogP contribution in [0.3, 0.4) is 0 Å². The average Bonchev–Trinajstić information content (AvgIpc) is 2.62. The van der Waals surface area contributed by atoms with Crippen LogP contribution in [-0.4, -0.2) is 53.6 Å². The normalized spacial score (nSPS) is 15.4. The second-order valence-electron chi connectivity index (χ2n) is 5.62. The number of carbonyl (C=O) groups is 1. The van der Waals surface area contributed by atoms with E-state index in [2.05, 4.69) is 34.1 Å². The molecule has 0 spiro atoms. The molecule has 0 atom stereocenters. The average molecular weight is 311 g/mol. The summed E-state index contributed by atoms with van der Waals surface area (Å²) in [5, 5.41) is 0. The minimum Gasteiger partial charge on any atom is -0.409 e. The molecule has 0 bridgehead atoms. The van der Waals surface area contributed by atoms with Gasteiger partial charge in [0, 0.05) is 38.9 Å². The number of ether oxygens (including phenoxy) is 1. The van der Waals surface area contributed by atoms with E-state index < -0.39 is 0 Å². The van der Waals surface area contributed by atoms with E-state index in [1.54, 1.807) is 29.4 Å². The van der Waals surface area contributed by atoms with Crippen LogP contribution in [0.1, 0.15) is 5.56 Å². The minimum atomic E-state index is -0.291. The van der Waals surface area contributed by atoms with Crippen LogP contribution >= 0.6 is 0 Å². The van der Waals surface area contributed by atoms with Crippen molar-refractivity contribution in [3.8, 4) is 5.75 Å². The Morgan fingerprint density at radius 2 is 1.83 bits per heavy atom. The molecule has 0 N–H and O–H groups in total. The van der Waals surface area contributed by atoms with Crippen molar-refractivity contribution < 1.29 is 9.53 Å².